The highest BCUT2D eigenvalue weighted by Crippen LogP contribution is 2.22. The van der Waals surface area contributed by atoms with Gasteiger partial charge in [-0.1, -0.05) is 30.3 Å². The van der Waals surface area contributed by atoms with Crippen LogP contribution in [-0.4, -0.2) is 38.2 Å². The van der Waals surface area contributed by atoms with E-state index in [-0.39, 0.29) is 11.9 Å². The highest BCUT2D eigenvalue weighted by Gasteiger charge is 2.33. The molecule has 1 aromatic carbocycles. The average molecular weight is 348 g/mol. The van der Waals surface area contributed by atoms with Gasteiger partial charge >= 0.3 is 0 Å². The number of nitrogens with zero attached hydrogens (tertiary/aromatic N) is 5. The summed E-state index contributed by atoms with van der Waals surface area (Å²) < 4.78 is 1.70. The first-order valence-corrected chi connectivity index (χ1v) is 8.61. The lowest BCUT2D eigenvalue weighted by molar-refractivity contribution is -0.117. The van der Waals surface area contributed by atoms with Crippen molar-refractivity contribution in [3.05, 3.63) is 66.4 Å². The van der Waals surface area contributed by atoms with Crippen molar-refractivity contribution < 1.29 is 4.79 Å². The summed E-state index contributed by atoms with van der Waals surface area (Å²) in [5.74, 6) is 1.45. The van der Waals surface area contributed by atoms with Crippen molar-refractivity contribution in [1.82, 2.24) is 19.7 Å². The fourth-order valence-electron chi connectivity index (χ4n) is 3.14. The minimum absolute atomic E-state index is 0.0428. The summed E-state index contributed by atoms with van der Waals surface area (Å²) in [6.07, 6.45) is 6.68. The Hall–Kier alpha value is -3.22. The van der Waals surface area contributed by atoms with Crippen LogP contribution in [0.3, 0.4) is 0 Å². The highest BCUT2D eigenvalue weighted by atomic mass is 16.2. The summed E-state index contributed by atoms with van der Waals surface area (Å²) in [6.45, 7) is 0.671. The van der Waals surface area contributed by atoms with Gasteiger partial charge in [0, 0.05) is 32.4 Å². The van der Waals surface area contributed by atoms with Gasteiger partial charge in [0.1, 0.15) is 17.7 Å². The normalized spacial score (nSPS) is 16.9. The number of rotatable bonds is 5. The van der Waals surface area contributed by atoms with Crippen LogP contribution in [0, 0.1) is 0 Å². The molecular formula is C19H20N6O. The van der Waals surface area contributed by atoms with Crippen molar-refractivity contribution in [2.75, 3.05) is 16.8 Å². The lowest BCUT2D eigenvalue weighted by Gasteiger charge is -2.15. The van der Waals surface area contributed by atoms with Crippen molar-refractivity contribution >= 4 is 17.4 Å². The molecule has 2 aromatic heterocycles. The van der Waals surface area contributed by atoms with E-state index in [1.54, 1.807) is 28.0 Å². The number of carbonyl (C=O) groups is 1. The van der Waals surface area contributed by atoms with Gasteiger partial charge in [0.2, 0.25) is 5.91 Å². The summed E-state index contributed by atoms with van der Waals surface area (Å²) in [4.78, 5) is 23.3. The van der Waals surface area contributed by atoms with E-state index in [0.717, 1.165) is 23.5 Å². The monoisotopic (exact) mass is 348 g/mol. The second-order valence-corrected chi connectivity index (χ2v) is 6.37. The molecule has 0 bridgehead atoms. The molecule has 132 valence electrons. The first kappa shape index (κ1) is 16.3. The summed E-state index contributed by atoms with van der Waals surface area (Å²) in [5, 5.41) is 7.39. The van der Waals surface area contributed by atoms with E-state index in [1.165, 1.54) is 0 Å². The molecule has 1 N–H and O–H groups in total. The van der Waals surface area contributed by atoms with E-state index in [2.05, 4.69) is 32.5 Å². The Balaban J connectivity index is 1.44. The van der Waals surface area contributed by atoms with Gasteiger partial charge in [0.05, 0.1) is 11.9 Å². The maximum Gasteiger partial charge on any atom is 0.249 e. The van der Waals surface area contributed by atoms with Crippen LogP contribution in [-0.2, 0) is 18.3 Å². The fraction of sp³-hybridized carbons (Fsp3) is 0.263. The molecule has 1 atom stereocenters. The first-order valence-electron chi connectivity index (χ1n) is 8.61. The van der Waals surface area contributed by atoms with Crippen LogP contribution in [0.5, 0.6) is 0 Å². The minimum atomic E-state index is -0.283. The molecule has 26 heavy (non-hydrogen) atoms. The van der Waals surface area contributed by atoms with Gasteiger partial charge in [-0.15, -0.1) is 0 Å². The van der Waals surface area contributed by atoms with E-state index < -0.39 is 0 Å². The number of aromatic nitrogens is 4. The maximum atomic E-state index is 12.7. The quantitative estimate of drug-likeness (QED) is 0.763. The van der Waals surface area contributed by atoms with E-state index in [1.807, 2.05) is 31.4 Å². The predicted molar refractivity (Wildman–Crippen MR) is 98.9 cm³/mol. The molecule has 0 radical (unpaired) electrons. The Bertz CT molecular complexity index is 907. The Kier molecular flexibility index (Phi) is 4.35. The number of benzene rings is 1. The Morgan fingerprint density at radius 3 is 2.85 bits per heavy atom. The zero-order chi connectivity index (χ0) is 17.9. The van der Waals surface area contributed by atoms with Gasteiger partial charge in [-0.3, -0.25) is 9.48 Å². The number of hydrogen-bond acceptors (Lipinski definition) is 5. The van der Waals surface area contributed by atoms with Gasteiger partial charge in [-0.2, -0.15) is 5.10 Å². The maximum absolute atomic E-state index is 12.7. The minimum Gasteiger partial charge on any atom is -0.358 e. The molecule has 1 unspecified atom stereocenters. The highest BCUT2D eigenvalue weighted by molar-refractivity contribution is 6.00. The number of nitrogens with one attached hydrogen (secondary N) is 1. The van der Waals surface area contributed by atoms with Crippen LogP contribution in [0.2, 0.25) is 0 Å². The molecule has 4 rings (SSSR count). The summed E-state index contributed by atoms with van der Waals surface area (Å²) in [7, 11) is 1.84. The molecule has 7 heteroatoms. The van der Waals surface area contributed by atoms with Gasteiger partial charge in [0.15, 0.2) is 0 Å². The van der Waals surface area contributed by atoms with Crippen molar-refractivity contribution in [3.63, 3.8) is 0 Å². The third-order valence-corrected chi connectivity index (χ3v) is 4.44. The number of carbonyl (C=O) groups excluding carboxylic acids is 1. The largest absolute Gasteiger partial charge is 0.358 e. The van der Waals surface area contributed by atoms with Gasteiger partial charge in [-0.25, -0.2) is 9.97 Å². The molecular weight excluding hydrogens is 328 g/mol. The van der Waals surface area contributed by atoms with Gasteiger partial charge < -0.3 is 10.2 Å². The molecule has 3 heterocycles. The standard InChI is InChI=1S/C19H20N6O/c1-24-13-15(12-21-24)25-10-8-16(19(25)26)22-17-7-9-20-18(23-17)11-14-5-3-2-4-6-14/h2-7,9,12-13,16H,8,10-11H2,1H3,(H,20,22,23). The van der Waals surface area contributed by atoms with Crippen LogP contribution in [0.25, 0.3) is 0 Å². The first-order chi connectivity index (χ1) is 12.7. The molecule has 1 aliphatic rings. The molecule has 1 amide bonds. The molecule has 0 aliphatic carbocycles. The van der Waals surface area contributed by atoms with Crippen molar-refractivity contribution in [3.8, 4) is 0 Å². The topological polar surface area (TPSA) is 75.9 Å². The van der Waals surface area contributed by atoms with Gasteiger partial charge in [-0.05, 0) is 18.1 Å². The SMILES string of the molecule is Cn1cc(N2CCC(Nc3ccnc(Cc4ccccc4)n3)C2=O)cn1. The van der Waals surface area contributed by atoms with Crippen molar-refractivity contribution in [1.29, 1.82) is 0 Å². The van der Waals surface area contributed by atoms with Crippen LogP contribution >= 0.6 is 0 Å². The molecule has 3 aromatic rings. The van der Waals surface area contributed by atoms with E-state index in [0.29, 0.717) is 18.8 Å². The number of hydrogen-bond donors (Lipinski definition) is 1. The van der Waals surface area contributed by atoms with Crippen LogP contribution in [0.1, 0.15) is 17.8 Å². The van der Waals surface area contributed by atoms with Crippen LogP contribution in [0.4, 0.5) is 11.5 Å². The number of anilines is 2. The third kappa shape index (κ3) is 3.42. The second kappa shape index (κ2) is 6.95. The summed E-state index contributed by atoms with van der Waals surface area (Å²) in [6, 6.07) is 11.6. The lowest BCUT2D eigenvalue weighted by Crippen LogP contribution is -2.33. The molecule has 7 nitrogen and oxygen atoms in total. The lowest BCUT2D eigenvalue weighted by atomic mass is 10.1. The Labute approximate surface area is 151 Å². The molecule has 0 spiro atoms. The Morgan fingerprint density at radius 1 is 1.23 bits per heavy atom. The summed E-state index contributed by atoms with van der Waals surface area (Å²) in [5.41, 5.74) is 1.98. The second-order valence-electron chi connectivity index (χ2n) is 6.37. The molecule has 0 saturated carbocycles. The average Bonchev–Trinajstić information content (AvgIpc) is 3.22. The molecule has 1 saturated heterocycles. The smallest absolute Gasteiger partial charge is 0.249 e. The van der Waals surface area contributed by atoms with Crippen molar-refractivity contribution in [2.45, 2.75) is 18.9 Å². The van der Waals surface area contributed by atoms with Crippen molar-refractivity contribution in [2.24, 2.45) is 7.05 Å². The summed E-state index contributed by atoms with van der Waals surface area (Å²) >= 11 is 0. The number of amides is 1. The predicted octanol–water partition coefficient (Wildman–Crippen LogP) is 2.02. The van der Waals surface area contributed by atoms with E-state index in [9.17, 15) is 4.79 Å². The van der Waals surface area contributed by atoms with Crippen LogP contribution < -0.4 is 10.2 Å². The Morgan fingerprint density at radius 2 is 2.08 bits per heavy atom. The van der Waals surface area contributed by atoms with E-state index in [4.69, 9.17) is 0 Å². The third-order valence-electron chi connectivity index (χ3n) is 4.44. The zero-order valence-corrected chi connectivity index (χ0v) is 14.5. The number of aryl methyl sites for hydroxylation is 1. The fourth-order valence-corrected chi connectivity index (χ4v) is 3.14. The van der Waals surface area contributed by atoms with E-state index >= 15 is 0 Å². The molecule has 1 fully saturated rings. The van der Waals surface area contributed by atoms with Crippen LogP contribution in [0.15, 0.2) is 55.0 Å². The van der Waals surface area contributed by atoms with Gasteiger partial charge in [0.25, 0.3) is 0 Å². The zero-order valence-electron chi connectivity index (χ0n) is 14.5. The molecule has 1 aliphatic heterocycles.